The van der Waals surface area contributed by atoms with Crippen molar-refractivity contribution in [2.45, 2.75) is 22.6 Å². The molecule has 0 spiro atoms. The lowest BCUT2D eigenvalue weighted by atomic mass is 10.0. The van der Waals surface area contributed by atoms with E-state index >= 15 is 0 Å². The monoisotopic (exact) mass is 408 g/mol. The Balaban J connectivity index is 1.80. The highest BCUT2D eigenvalue weighted by atomic mass is 32.2. The number of thioether (sulfide) groups is 1. The number of aryl methyl sites for hydroxylation is 1. The van der Waals surface area contributed by atoms with Crippen LogP contribution in [0.2, 0.25) is 0 Å². The van der Waals surface area contributed by atoms with Crippen LogP contribution in [0.25, 0.3) is 0 Å². The molecule has 0 unspecified atom stereocenters. The Bertz CT molecular complexity index is 961. The maximum Gasteiger partial charge on any atom is 0.242 e. The molecule has 2 aromatic carbocycles. The molecule has 5 nitrogen and oxygen atoms in total. The summed E-state index contributed by atoms with van der Waals surface area (Å²) in [6.07, 6.45) is 1.48. The topological polar surface area (TPSA) is 57.7 Å². The standard InChI is InChI=1S/C19H21FN2O3S2/c1-21(2)27(24,25)15-9-10-17-14(12-15)6-5-11-22(17)19(23)13-26-18-8-4-3-7-16(18)20/h3-4,7-10,12H,5-6,11,13H2,1-2H3. The summed E-state index contributed by atoms with van der Waals surface area (Å²) in [4.78, 5) is 15.0. The molecule has 0 saturated carbocycles. The first-order valence-electron chi connectivity index (χ1n) is 8.54. The third kappa shape index (κ3) is 4.17. The van der Waals surface area contributed by atoms with Gasteiger partial charge in [0.25, 0.3) is 0 Å². The number of fused-ring (bicyclic) bond motifs is 1. The van der Waals surface area contributed by atoms with Crippen LogP contribution in [0.3, 0.4) is 0 Å². The van der Waals surface area contributed by atoms with Crippen molar-refractivity contribution in [2.24, 2.45) is 0 Å². The van der Waals surface area contributed by atoms with Gasteiger partial charge in [-0.15, -0.1) is 11.8 Å². The molecular weight excluding hydrogens is 387 g/mol. The van der Waals surface area contributed by atoms with Crippen molar-refractivity contribution in [3.63, 3.8) is 0 Å². The van der Waals surface area contributed by atoms with Gasteiger partial charge in [0, 0.05) is 31.2 Å². The largest absolute Gasteiger partial charge is 0.311 e. The van der Waals surface area contributed by atoms with Gasteiger partial charge in [0.05, 0.1) is 10.6 Å². The number of carbonyl (C=O) groups is 1. The number of halogens is 1. The van der Waals surface area contributed by atoms with Crippen LogP contribution in [-0.4, -0.2) is 45.0 Å². The predicted molar refractivity (Wildman–Crippen MR) is 105 cm³/mol. The molecule has 0 N–H and O–H groups in total. The molecular formula is C19H21FN2O3S2. The summed E-state index contributed by atoms with van der Waals surface area (Å²) < 4.78 is 39.6. The third-order valence-electron chi connectivity index (χ3n) is 4.44. The summed E-state index contributed by atoms with van der Waals surface area (Å²) in [5, 5.41) is 0. The quantitative estimate of drug-likeness (QED) is 0.713. The van der Waals surface area contributed by atoms with E-state index in [-0.39, 0.29) is 22.4 Å². The summed E-state index contributed by atoms with van der Waals surface area (Å²) in [6.45, 7) is 0.573. The van der Waals surface area contributed by atoms with Gasteiger partial charge in [-0.1, -0.05) is 12.1 Å². The zero-order chi connectivity index (χ0) is 19.6. The Labute approximate surface area is 163 Å². The fourth-order valence-corrected chi connectivity index (χ4v) is 4.75. The number of hydrogen-bond acceptors (Lipinski definition) is 4. The highest BCUT2D eigenvalue weighted by Gasteiger charge is 2.25. The average molecular weight is 409 g/mol. The molecule has 2 aromatic rings. The molecule has 8 heteroatoms. The molecule has 1 aliphatic rings. The molecule has 1 aliphatic heterocycles. The van der Waals surface area contributed by atoms with Crippen molar-refractivity contribution < 1.29 is 17.6 Å². The van der Waals surface area contributed by atoms with Crippen LogP contribution in [0.1, 0.15) is 12.0 Å². The van der Waals surface area contributed by atoms with Crippen molar-refractivity contribution >= 4 is 33.4 Å². The van der Waals surface area contributed by atoms with Crippen LogP contribution < -0.4 is 4.90 Å². The molecule has 0 aliphatic carbocycles. The summed E-state index contributed by atoms with van der Waals surface area (Å²) in [5.41, 5.74) is 1.58. The van der Waals surface area contributed by atoms with E-state index in [9.17, 15) is 17.6 Å². The molecule has 0 fully saturated rings. The number of sulfonamides is 1. The van der Waals surface area contributed by atoms with E-state index in [2.05, 4.69) is 0 Å². The first-order valence-corrected chi connectivity index (χ1v) is 11.0. The van der Waals surface area contributed by atoms with Gasteiger partial charge in [0.1, 0.15) is 5.82 Å². The minimum absolute atomic E-state index is 0.118. The smallest absolute Gasteiger partial charge is 0.242 e. The van der Waals surface area contributed by atoms with E-state index < -0.39 is 10.0 Å². The van der Waals surface area contributed by atoms with Crippen LogP contribution in [0.4, 0.5) is 10.1 Å². The van der Waals surface area contributed by atoms with Crippen molar-refractivity contribution in [1.29, 1.82) is 0 Å². The molecule has 3 rings (SSSR count). The van der Waals surface area contributed by atoms with E-state index in [1.54, 1.807) is 35.2 Å². The molecule has 1 heterocycles. The van der Waals surface area contributed by atoms with Gasteiger partial charge in [-0.2, -0.15) is 0 Å². The molecule has 27 heavy (non-hydrogen) atoms. The van der Waals surface area contributed by atoms with Crippen LogP contribution in [0, 0.1) is 5.82 Å². The van der Waals surface area contributed by atoms with E-state index in [1.807, 2.05) is 0 Å². The van der Waals surface area contributed by atoms with Crippen LogP contribution >= 0.6 is 11.8 Å². The second-order valence-electron chi connectivity index (χ2n) is 6.45. The normalized spacial score (nSPS) is 14.3. The Hall–Kier alpha value is -1.90. The number of amides is 1. The number of nitrogens with zero attached hydrogens (tertiary/aromatic N) is 2. The molecule has 0 atom stereocenters. The zero-order valence-electron chi connectivity index (χ0n) is 15.2. The maximum absolute atomic E-state index is 13.7. The van der Waals surface area contributed by atoms with Gasteiger partial charge in [0.15, 0.2) is 0 Å². The van der Waals surface area contributed by atoms with Gasteiger partial charge >= 0.3 is 0 Å². The van der Waals surface area contributed by atoms with Crippen LogP contribution in [0.15, 0.2) is 52.3 Å². The SMILES string of the molecule is CN(C)S(=O)(=O)c1ccc2c(c1)CCCN2C(=O)CSc1ccccc1F. The van der Waals surface area contributed by atoms with Crippen molar-refractivity contribution in [1.82, 2.24) is 4.31 Å². The molecule has 0 aromatic heterocycles. The number of anilines is 1. The molecule has 0 saturated heterocycles. The van der Waals surface area contributed by atoms with E-state index in [0.717, 1.165) is 24.1 Å². The Morgan fingerprint density at radius 1 is 1.22 bits per heavy atom. The van der Waals surface area contributed by atoms with Crippen LogP contribution in [0.5, 0.6) is 0 Å². The lowest BCUT2D eigenvalue weighted by molar-refractivity contribution is -0.116. The first kappa shape index (κ1) is 19.9. The zero-order valence-corrected chi connectivity index (χ0v) is 16.8. The van der Waals surface area contributed by atoms with Crippen molar-refractivity contribution in [3.8, 4) is 0 Å². The molecule has 144 valence electrons. The third-order valence-corrected chi connectivity index (χ3v) is 7.28. The Kier molecular flexibility index (Phi) is 5.88. The Morgan fingerprint density at radius 3 is 2.67 bits per heavy atom. The summed E-state index contributed by atoms with van der Waals surface area (Å²) in [5.74, 6) is -0.335. The van der Waals surface area contributed by atoms with E-state index in [4.69, 9.17) is 0 Å². The number of carbonyl (C=O) groups excluding carboxylic acids is 1. The number of hydrogen-bond donors (Lipinski definition) is 0. The summed E-state index contributed by atoms with van der Waals surface area (Å²) in [7, 11) is -0.534. The lowest BCUT2D eigenvalue weighted by Crippen LogP contribution is -2.36. The fourth-order valence-electron chi connectivity index (χ4n) is 2.98. The van der Waals surface area contributed by atoms with Gasteiger partial charge in [-0.25, -0.2) is 17.1 Å². The maximum atomic E-state index is 13.7. The summed E-state index contributed by atoms with van der Waals surface area (Å²) >= 11 is 1.17. The van der Waals surface area contributed by atoms with Crippen molar-refractivity contribution in [2.75, 3.05) is 31.3 Å². The Morgan fingerprint density at radius 2 is 1.96 bits per heavy atom. The van der Waals surface area contributed by atoms with Gasteiger partial charge in [-0.05, 0) is 48.7 Å². The first-order chi connectivity index (χ1) is 12.8. The second-order valence-corrected chi connectivity index (χ2v) is 9.61. The predicted octanol–water partition coefficient (Wildman–Crippen LogP) is 3.15. The highest BCUT2D eigenvalue weighted by molar-refractivity contribution is 8.00. The molecule has 0 bridgehead atoms. The van der Waals surface area contributed by atoms with Gasteiger partial charge in [-0.3, -0.25) is 4.79 Å². The number of rotatable bonds is 5. The fraction of sp³-hybridized carbons (Fsp3) is 0.316. The molecule has 0 radical (unpaired) electrons. The minimum Gasteiger partial charge on any atom is -0.311 e. The van der Waals surface area contributed by atoms with Crippen molar-refractivity contribution in [3.05, 3.63) is 53.8 Å². The minimum atomic E-state index is -3.52. The summed E-state index contributed by atoms with van der Waals surface area (Å²) in [6, 6.07) is 11.2. The van der Waals surface area contributed by atoms with E-state index in [0.29, 0.717) is 11.4 Å². The molecule has 1 amide bonds. The number of benzene rings is 2. The van der Waals surface area contributed by atoms with Gasteiger partial charge < -0.3 is 4.90 Å². The van der Waals surface area contributed by atoms with E-state index in [1.165, 1.54) is 42.3 Å². The second kappa shape index (κ2) is 8.00. The lowest BCUT2D eigenvalue weighted by Gasteiger charge is -2.30. The average Bonchev–Trinajstić information content (AvgIpc) is 2.66. The highest BCUT2D eigenvalue weighted by Crippen LogP contribution is 2.31. The van der Waals surface area contributed by atoms with Crippen LogP contribution in [-0.2, 0) is 21.2 Å². The van der Waals surface area contributed by atoms with Gasteiger partial charge in [0.2, 0.25) is 15.9 Å².